The molecule has 158 valence electrons. The van der Waals surface area contributed by atoms with Gasteiger partial charge in [0.2, 0.25) is 5.91 Å². The summed E-state index contributed by atoms with van der Waals surface area (Å²) < 4.78 is 0. The molecule has 3 aromatic rings. The Balaban J connectivity index is 1.59. The number of benzene rings is 3. The molecule has 0 aliphatic carbocycles. The fourth-order valence-electron chi connectivity index (χ4n) is 4.60. The zero-order chi connectivity index (χ0) is 22.4. The number of nitriles is 1. The van der Waals surface area contributed by atoms with Gasteiger partial charge in [-0.15, -0.1) is 0 Å². The fourth-order valence-corrected chi connectivity index (χ4v) is 4.60. The van der Waals surface area contributed by atoms with Crippen LogP contribution in [0.15, 0.2) is 72.8 Å². The van der Waals surface area contributed by atoms with Crippen LogP contribution in [0.25, 0.3) is 0 Å². The predicted octanol–water partition coefficient (Wildman–Crippen LogP) is 4.23. The van der Waals surface area contributed by atoms with Crippen LogP contribution in [0.3, 0.4) is 0 Å². The highest BCUT2D eigenvalue weighted by molar-refractivity contribution is 6.24. The standard InChI is InChI=1S/C26H21N3O3/c1-16-8-13-21(17(2)14-16)28-25(30)22-23(19-11-9-18(15-27)10-12-19)29(32-24(22)26(28)31)20-6-4-3-5-7-20/h3-14,22-24H,1-2H3/t22-,23-,24+/m1/s1. The van der Waals surface area contributed by atoms with Gasteiger partial charge in [0.15, 0.2) is 6.10 Å². The van der Waals surface area contributed by atoms with Crippen molar-refractivity contribution in [2.75, 3.05) is 9.96 Å². The molecule has 0 unspecified atom stereocenters. The SMILES string of the molecule is Cc1ccc(N2C(=O)[C@H]3[C@H](ON(c4ccccc4)[C@@H]3c3ccc(C#N)cc3)C2=O)c(C)c1. The highest BCUT2D eigenvalue weighted by Crippen LogP contribution is 2.47. The number of fused-ring (bicyclic) bond motifs is 1. The minimum absolute atomic E-state index is 0.278. The monoisotopic (exact) mass is 423 g/mol. The van der Waals surface area contributed by atoms with Crippen molar-refractivity contribution in [3.05, 3.63) is 95.1 Å². The molecule has 5 rings (SSSR count). The maximum atomic E-state index is 13.7. The van der Waals surface area contributed by atoms with E-state index in [1.807, 2.05) is 74.5 Å². The van der Waals surface area contributed by atoms with Gasteiger partial charge in [0.25, 0.3) is 5.91 Å². The lowest BCUT2D eigenvalue weighted by Gasteiger charge is -2.29. The molecule has 0 N–H and O–H groups in total. The van der Waals surface area contributed by atoms with E-state index in [4.69, 9.17) is 10.1 Å². The average Bonchev–Trinajstić information content (AvgIpc) is 3.31. The number of hydroxylamine groups is 1. The number of hydrogen-bond acceptors (Lipinski definition) is 5. The lowest BCUT2D eigenvalue weighted by atomic mass is 9.90. The minimum atomic E-state index is -0.913. The normalized spacial score (nSPS) is 22.2. The summed E-state index contributed by atoms with van der Waals surface area (Å²) in [4.78, 5) is 34.5. The second kappa shape index (κ2) is 7.63. The summed E-state index contributed by atoms with van der Waals surface area (Å²) in [6.45, 7) is 3.87. The molecule has 6 heteroatoms. The van der Waals surface area contributed by atoms with Gasteiger partial charge in [0.1, 0.15) is 5.92 Å². The summed E-state index contributed by atoms with van der Waals surface area (Å²) in [5, 5.41) is 10.8. The molecular weight excluding hydrogens is 402 g/mol. The van der Waals surface area contributed by atoms with Crippen molar-refractivity contribution in [3.63, 3.8) is 0 Å². The van der Waals surface area contributed by atoms with Crippen LogP contribution in [-0.4, -0.2) is 17.9 Å². The van der Waals surface area contributed by atoms with Crippen LogP contribution in [0.1, 0.15) is 28.3 Å². The van der Waals surface area contributed by atoms with Crippen molar-refractivity contribution < 1.29 is 14.4 Å². The van der Waals surface area contributed by atoms with E-state index >= 15 is 0 Å². The van der Waals surface area contributed by atoms with E-state index in [2.05, 4.69) is 6.07 Å². The van der Waals surface area contributed by atoms with Gasteiger partial charge < -0.3 is 0 Å². The number of aryl methyl sites for hydroxylation is 2. The molecular formula is C26H21N3O3. The molecule has 0 radical (unpaired) electrons. The zero-order valence-electron chi connectivity index (χ0n) is 17.7. The predicted molar refractivity (Wildman–Crippen MR) is 120 cm³/mol. The van der Waals surface area contributed by atoms with Gasteiger partial charge >= 0.3 is 0 Å². The van der Waals surface area contributed by atoms with E-state index in [-0.39, 0.29) is 11.8 Å². The molecule has 0 spiro atoms. The second-order valence-corrected chi connectivity index (χ2v) is 8.19. The quantitative estimate of drug-likeness (QED) is 0.590. The Bertz CT molecular complexity index is 1250. The van der Waals surface area contributed by atoms with Gasteiger partial charge in [-0.25, -0.2) is 9.96 Å². The Morgan fingerprint density at radius 3 is 2.28 bits per heavy atom. The van der Waals surface area contributed by atoms with Gasteiger partial charge in [-0.1, -0.05) is 48.0 Å². The van der Waals surface area contributed by atoms with Crippen molar-refractivity contribution in [1.29, 1.82) is 5.26 Å². The fraction of sp³-hybridized carbons (Fsp3) is 0.192. The molecule has 3 atom stereocenters. The smallest absolute Gasteiger partial charge is 0.266 e. The molecule has 2 fully saturated rings. The Morgan fingerprint density at radius 1 is 0.906 bits per heavy atom. The van der Waals surface area contributed by atoms with E-state index in [9.17, 15) is 9.59 Å². The van der Waals surface area contributed by atoms with Crippen LogP contribution >= 0.6 is 0 Å². The molecule has 0 bridgehead atoms. The number of anilines is 2. The average molecular weight is 423 g/mol. The number of rotatable bonds is 3. The van der Waals surface area contributed by atoms with Gasteiger partial charge in [0, 0.05) is 0 Å². The van der Waals surface area contributed by atoms with E-state index in [0.717, 1.165) is 22.4 Å². The maximum Gasteiger partial charge on any atom is 0.266 e. The number of carbonyl (C=O) groups is 2. The number of imide groups is 1. The number of para-hydroxylation sites is 1. The van der Waals surface area contributed by atoms with Gasteiger partial charge in [-0.05, 0) is 55.3 Å². The highest BCUT2D eigenvalue weighted by atomic mass is 16.7. The summed E-state index contributed by atoms with van der Waals surface area (Å²) in [5.41, 5.74) is 4.61. The lowest BCUT2D eigenvalue weighted by Crippen LogP contribution is -2.37. The molecule has 2 aliphatic rings. The second-order valence-electron chi connectivity index (χ2n) is 8.19. The minimum Gasteiger partial charge on any atom is -0.273 e. The van der Waals surface area contributed by atoms with Crippen LogP contribution < -0.4 is 9.96 Å². The third-order valence-electron chi connectivity index (χ3n) is 6.10. The lowest BCUT2D eigenvalue weighted by molar-refractivity contribution is -0.126. The topological polar surface area (TPSA) is 73.6 Å². The number of nitrogens with zero attached hydrogens (tertiary/aromatic N) is 3. The van der Waals surface area contributed by atoms with Crippen LogP contribution in [-0.2, 0) is 14.4 Å². The first-order valence-electron chi connectivity index (χ1n) is 10.5. The Labute approximate surface area is 186 Å². The van der Waals surface area contributed by atoms with Gasteiger partial charge in [0.05, 0.1) is 29.0 Å². The molecule has 0 aromatic heterocycles. The van der Waals surface area contributed by atoms with Crippen molar-refractivity contribution in [2.24, 2.45) is 5.92 Å². The summed E-state index contributed by atoms with van der Waals surface area (Å²) >= 11 is 0. The largest absolute Gasteiger partial charge is 0.273 e. The summed E-state index contributed by atoms with van der Waals surface area (Å²) in [6.07, 6.45) is -0.913. The first kappa shape index (κ1) is 20.0. The van der Waals surface area contributed by atoms with Crippen LogP contribution in [0.2, 0.25) is 0 Å². The summed E-state index contributed by atoms with van der Waals surface area (Å²) in [5.74, 6) is -1.33. The molecule has 3 aromatic carbocycles. The molecule has 2 heterocycles. The molecule has 32 heavy (non-hydrogen) atoms. The van der Waals surface area contributed by atoms with E-state index in [1.165, 1.54) is 4.90 Å². The van der Waals surface area contributed by atoms with Crippen molar-refractivity contribution in [3.8, 4) is 6.07 Å². The molecule has 2 saturated heterocycles. The summed E-state index contributed by atoms with van der Waals surface area (Å²) in [6, 6.07) is 23.8. The third-order valence-corrected chi connectivity index (χ3v) is 6.10. The molecule has 0 saturated carbocycles. The van der Waals surface area contributed by atoms with Crippen LogP contribution in [0.4, 0.5) is 11.4 Å². The van der Waals surface area contributed by atoms with Gasteiger partial charge in [-0.2, -0.15) is 5.26 Å². The zero-order valence-corrected chi connectivity index (χ0v) is 17.7. The van der Waals surface area contributed by atoms with Crippen molar-refractivity contribution in [1.82, 2.24) is 0 Å². The Morgan fingerprint density at radius 2 is 1.62 bits per heavy atom. The van der Waals surface area contributed by atoms with E-state index in [0.29, 0.717) is 11.3 Å². The first-order valence-corrected chi connectivity index (χ1v) is 10.5. The first-order chi connectivity index (χ1) is 15.5. The van der Waals surface area contributed by atoms with Crippen LogP contribution in [0, 0.1) is 31.1 Å². The Kier molecular flexibility index (Phi) is 4.76. The number of hydrogen-bond donors (Lipinski definition) is 0. The van der Waals surface area contributed by atoms with E-state index < -0.39 is 18.1 Å². The molecule has 6 nitrogen and oxygen atoms in total. The Hall–Kier alpha value is -3.95. The highest BCUT2D eigenvalue weighted by Gasteiger charge is 2.60. The maximum absolute atomic E-state index is 13.7. The molecule has 2 aliphatic heterocycles. The third kappa shape index (κ3) is 3.06. The van der Waals surface area contributed by atoms with Crippen molar-refractivity contribution in [2.45, 2.75) is 26.0 Å². The molecule has 2 amide bonds. The summed E-state index contributed by atoms with van der Waals surface area (Å²) in [7, 11) is 0. The van der Waals surface area contributed by atoms with Crippen molar-refractivity contribution >= 4 is 23.2 Å². The number of amides is 2. The van der Waals surface area contributed by atoms with Crippen LogP contribution in [0.5, 0.6) is 0 Å². The van der Waals surface area contributed by atoms with E-state index in [1.54, 1.807) is 17.2 Å². The van der Waals surface area contributed by atoms with Gasteiger partial charge in [-0.3, -0.25) is 14.4 Å². The number of carbonyl (C=O) groups excluding carboxylic acids is 2.